The van der Waals surface area contributed by atoms with Gasteiger partial charge < -0.3 is 0 Å². The van der Waals surface area contributed by atoms with Gasteiger partial charge in [0.25, 0.3) is 0 Å². The number of hydrogen-bond acceptors (Lipinski definition) is 0. The molecule has 0 saturated heterocycles. The van der Waals surface area contributed by atoms with Crippen LogP contribution in [-0.2, 0) is 5.41 Å². The maximum Gasteiger partial charge on any atom is -0.00255 e. The zero-order valence-corrected chi connectivity index (χ0v) is 11.2. The fraction of sp³-hybridized carbons (Fsp3) is 0.412. The molecule has 0 saturated carbocycles. The van der Waals surface area contributed by atoms with Crippen LogP contribution in [0, 0.1) is 12.8 Å². The average Bonchev–Trinajstić information content (AvgIpc) is 2.49. The van der Waals surface area contributed by atoms with Crippen molar-refractivity contribution in [1.82, 2.24) is 0 Å². The maximum absolute atomic E-state index is 2.40. The third-order valence-corrected chi connectivity index (χ3v) is 4.50. The van der Waals surface area contributed by atoms with Crippen LogP contribution < -0.4 is 0 Å². The Labute approximate surface area is 104 Å². The summed E-state index contributed by atoms with van der Waals surface area (Å²) in [5.74, 6) is 0.671. The van der Waals surface area contributed by atoms with Crippen LogP contribution in [0.4, 0.5) is 0 Å². The van der Waals surface area contributed by atoms with E-state index in [-0.39, 0.29) is 5.41 Å². The molecule has 1 unspecified atom stereocenters. The molecule has 0 amide bonds. The Kier molecular flexibility index (Phi) is 2.13. The highest BCUT2D eigenvalue weighted by molar-refractivity contribution is 5.80. The summed E-state index contributed by atoms with van der Waals surface area (Å²) in [6, 6.07) is 6.93. The summed E-state index contributed by atoms with van der Waals surface area (Å²) in [5, 5.41) is 0. The summed E-state index contributed by atoms with van der Waals surface area (Å²) in [7, 11) is 0. The van der Waals surface area contributed by atoms with E-state index in [0.717, 1.165) is 0 Å². The lowest BCUT2D eigenvalue weighted by Gasteiger charge is -2.30. The van der Waals surface area contributed by atoms with Crippen molar-refractivity contribution in [2.24, 2.45) is 5.92 Å². The average molecular weight is 224 g/mol. The van der Waals surface area contributed by atoms with E-state index in [4.69, 9.17) is 0 Å². The van der Waals surface area contributed by atoms with Gasteiger partial charge in [0.05, 0.1) is 0 Å². The van der Waals surface area contributed by atoms with Crippen LogP contribution in [0.2, 0.25) is 0 Å². The van der Waals surface area contributed by atoms with Crippen molar-refractivity contribution in [2.75, 3.05) is 0 Å². The number of fused-ring (bicyclic) bond motifs is 3. The molecular formula is C17H20. The van der Waals surface area contributed by atoms with Crippen molar-refractivity contribution < 1.29 is 0 Å². The van der Waals surface area contributed by atoms with Crippen LogP contribution >= 0.6 is 0 Å². The monoisotopic (exact) mass is 224 g/mol. The summed E-state index contributed by atoms with van der Waals surface area (Å²) in [6.07, 6.45) is 5.84. The first-order valence-corrected chi connectivity index (χ1v) is 6.49. The molecule has 0 heteroatoms. The Bertz CT molecular complexity index is 541. The van der Waals surface area contributed by atoms with Gasteiger partial charge in [-0.2, -0.15) is 0 Å². The summed E-state index contributed by atoms with van der Waals surface area (Å²) in [4.78, 5) is 0. The van der Waals surface area contributed by atoms with Crippen molar-refractivity contribution in [1.29, 1.82) is 0 Å². The SMILES string of the molecule is CC1=CC=C2c3ccc(C)cc3C(C)(C)C2C1. The molecule has 0 bridgehead atoms. The van der Waals surface area contributed by atoms with Gasteiger partial charge in [0.1, 0.15) is 0 Å². The molecule has 1 aromatic rings. The molecule has 0 fully saturated rings. The predicted molar refractivity (Wildman–Crippen MR) is 74.0 cm³/mol. The minimum Gasteiger partial charge on any atom is -0.0727 e. The molecule has 2 aliphatic carbocycles. The molecular weight excluding hydrogens is 204 g/mol. The Morgan fingerprint density at radius 1 is 1.12 bits per heavy atom. The Hall–Kier alpha value is -1.30. The number of hydrogen-bond donors (Lipinski definition) is 0. The van der Waals surface area contributed by atoms with Crippen LogP contribution in [0.3, 0.4) is 0 Å². The molecule has 0 aliphatic heterocycles. The Morgan fingerprint density at radius 2 is 1.88 bits per heavy atom. The van der Waals surface area contributed by atoms with Gasteiger partial charge in [-0.3, -0.25) is 0 Å². The van der Waals surface area contributed by atoms with E-state index >= 15 is 0 Å². The molecule has 1 aromatic carbocycles. The molecule has 17 heavy (non-hydrogen) atoms. The van der Waals surface area contributed by atoms with Gasteiger partial charge in [0.2, 0.25) is 0 Å². The van der Waals surface area contributed by atoms with Gasteiger partial charge in [-0.1, -0.05) is 55.3 Å². The minimum atomic E-state index is 0.280. The third kappa shape index (κ3) is 1.43. The second kappa shape index (κ2) is 3.35. The Morgan fingerprint density at radius 3 is 2.65 bits per heavy atom. The quantitative estimate of drug-likeness (QED) is 0.602. The molecule has 2 aliphatic rings. The molecule has 0 nitrogen and oxygen atoms in total. The van der Waals surface area contributed by atoms with Gasteiger partial charge in [-0.25, -0.2) is 0 Å². The van der Waals surface area contributed by atoms with E-state index in [9.17, 15) is 0 Å². The lowest BCUT2D eigenvalue weighted by Crippen LogP contribution is -2.24. The van der Waals surface area contributed by atoms with E-state index in [0.29, 0.717) is 5.92 Å². The van der Waals surface area contributed by atoms with Gasteiger partial charge in [0.15, 0.2) is 0 Å². The zero-order valence-electron chi connectivity index (χ0n) is 11.2. The van der Waals surface area contributed by atoms with Crippen molar-refractivity contribution >= 4 is 5.57 Å². The summed E-state index contributed by atoms with van der Waals surface area (Å²) >= 11 is 0. The fourth-order valence-corrected chi connectivity index (χ4v) is 3.40. The molecule has 88 valence electrons. The minimum absolute atomic E-state index is 0.280. The smallest absolute Gasteiger partial charge is 0.00255 e. The fourth-order valence-electron chi connectivity index (χ4n) is 3.40. The first-order valence-electron chi connectivity index (χ1n) is 6.49. The van der Waals surface area contributed by atoms with Gasteiger partial charge in [-0.15, -0.1) is 0 Å². The summed E-state index contributed by atoms with van der Waals surface area (Å²) in [6.45, 7) is 9.23. The van der Waals surface area contributed by atoms with E-state index in [1.54, 1.807) is 5.57 Å². The van der Waals surface area contributed by atoms with E-state index in [2.05, 4.69) is 58.0 Å². The van der Waals surface area contributed by atoms with Crippen LogP contribution in [0.25, 0.3) is 5.57 Å². The second-order valence-corrected chi connectivity index (χ2v) is 6.16. The summed E-state index contributed by atoms with van der Waals surface area (Å²) in [5.41, 5.74) is 7.74. The predicted octanol–water partition coefficient (Wildman–Crippen LogP) is 4.64. The van der Waals surface area contributed by atoms with Crippen molar-refractivity contribution in [3.05, 3.63) is 52.6 Å². The number of allylic oxidation sites excluding steroid dienone is 4. The molecule has 3 rings (SSSR count). The van der Waals surface area contributed by atoms with Crippen LogP contribution in [-0.4, -0.2) is 0 Å². The number of aryl methyl sites for hydroxylation is 1. The topological polar surface area (TPSA) is 0 Å². The van der Waals surface area contributed by atoms with Crippen LogP contribution in [0.15, 0.2) is 35.9 Å². The standard InChI is InChI=1S/C17H20/c1-11-5-7-13-14-8-6-12(2)10-16(14)17(3,4)15(13)9-11/h5-9,16H,10H2,1-4H3. The second-order valence-electron chi connectivity index (χ2n) is 6.16. The van der Waals surface area contributed by atoms with Gasteiger partial charge in [-0.05, 0) is 48.3 Å². The van der Waals surface area contributed by atoms with Gasteiger partial charge >= 0.3 is 0 Å². The van der Waals surface area contributed by atoms with E-state index in [1.807, 2.05) is 0 Å². The first kappa shape index (κ1) is 10.8. The third-order valence-electron chi connectivity index (χ3n) is 4.50. The van der Waals surface area contributed by atoms with Crippen molar-refractivity contribution in [2.45, 2.75) is 39.5 Å². The number of rotatable bonds is 0. The van der Waals surface area contributed by atoms with Gasteiger partial charge in [0, 0.05) is 0 Å². The normalized spacial score (nSPS) is 24.8. The lowest BCUT2D eigenvalue weighted by atomic mass is 9.73. The lowest BCUT2D eigenvalue weighted by molar-refractivity contribution is 0.408. The highest BCUT2D eigenvalue weighted by Gasteiger charge is 2.43. The largest absolute Gasteiger partial charge is 0.0727 e. The van der Waals surface area contributed by atoms with Crippen molar-refractivity contribution in [3.63, 3.8) is 0 Å². The first-order chi connectivity index (χ1) is 8.00. The summed E-state index contributed by atoms with van der Waals surface area (Å²) < 4.78 is 0. The maximum atomic E-state index is 2.40. The van der Waals surface area contributed by atoms with Crippen LogP contribution in [0.5, 0.6) is 0 Å². The molecule has 0 heterocycles. The zero-order chi connectivity index (χ0) is 12.2. The van der Waals surface area contributed by atoms with Crippen LogP contribution in [0.1, 0.15) is 43.9 Å². The molecule has 0 spiro atoms. The molecule has 0 N–H and O–H groups in total. The Balaban J connectivity index is 2.24. The molecule has 0 aromatic heterocycles. The highest BCUT2D eigenvalue weighted by Crippen LogP contribution is 2.53. The molecule has 0 radical (unpaired) electrons. The molecule has 1 atom stereocenters. The number of benzene rings is 1. The van der Waals surface area contributed by atoms with E-state index < -0.39 is 0 Å². The van der Waals surface area contributed by atoms with Crippen molar-refractivity contribution in [3.8, 4) is 0 Å². The highest BCUT2D eigenvalue weighted by atomic mass is 14.5. The van der Waals surface area contributed by atoms with E-state index in [1.165, 1.54) is 28.7 Å².